The number of thiophene rings is 1. The van der Waals surface area contributed by atoms with Crippen LogP contribution >= 0.6 is 11.3 Å². The normalized spacial score (nSPS) is 17.3. The van der Waals surface area contributed by atoms with E-state index in [-0.39, 0.29) is 0 Å². The van der Waals surface area contributed by atoms with Gasteiger partial charge < -0.3 is 5.32 Å². The fourth-order valence-corrected chi connectivity index (χ4v) is 3.35. The fourth-order valence-electron chi connectivity index (χ4n) is 2.38. The Morgan fingerprint density at radius 1 is 1.29 bits per heavy atom. The molecular formula is C15H25NS. The third-order valence-electron chi connectivity index (χ3n) is 3.62. The average Bonchev–Trinajstić information content (AvgIpc) is 3.08. The molecule has 1 atom stereocenters. The molecule has 1 fully saturated rings. The third kappa shape index (κ3) is 4.11. The minimum absolute atomic E-state index is 0.780. The van der Waals surface area contributed by atoms with E-state index in [4.69, 9.17) is 0 Å². The van der Waals surface area contributed by atoms with Crippen molar-refractivity contribution in [3.05, 3.63) is 21.9 Å². The molecule has 1 N–H and O–H groups in total. The topological polar surface area (TPSA) is 12.0 Å². The molecule has 1 aromatic rings. The molecular weight excluding hydrogens is 226 g/mol. The van der Waals surface area contributed by atoms with Gasteiger partial charge in [-0.2, -0.15) is 0 Å². The second-order valence-electron chi connectivity index (χ2n) is 5.16. The number of hydrogen-bond donors (Lipinski definition) is 1. The molecule has 1 heterocycles. The van der Waals surface area contributed by atoms with Gasteiger partial charge in [0.1, 0.15) is 0 Å². The van der Waals surface area contributed by atoms with Gasteiger partial charge in [0.05, 0.1) is 0 Å². The molecule has 0 saturated heterocycles. The van der Waals surface area contributed by atoms with Gasteiger partial charge in [-0.3, -0.25) is 0 Å². The Labute approximate surface area is 110 Å². The highest BCUT2D eigenvalue weighted by molar-refractivity contribution is 7.11. The van der Waals surface area contributed by atoms with Crippen LogP contribution in [0.1, 0.15) is 49.3 Å². The monoisotopic (exact) mass is 251 g/mol. The van der Waals surface area contributed by atoms with Crippen LogP contribution in [0.5, 0.6) is 0 Å². The van der Waals surface area contributed by atoms with Gasteiger partial charge in [0.15, 0.2) is 0 Å². The lowest BCUT2D eigenvalue weighted by Gasteiger charge is -2.17. The summed E-state index contributed by atoms with van der Waals surface area (Å²) in [5.74, 6) is 0.979. The maximum Gasteiger partial charge on any atom is 0.00987 e. The van der Waals surface area contributed by atoms with Crippen LogP contribution in [-0.4, -0.2) is 12.6 Å². The fraction of sp³-hybridized carbons (Fsp3) is 0.733. The molecule has 2 rings (SSSR count). The van der Waals surface area contributed by atoms with E-state index >= 15 is 0 Å². The average molecular weight is 251 g/mol. The summed E-state index contributed by atoms with van der Waals surface area (Å²) in [4.78, 5) is 3.11. The van der Waals surface area contributed by atoms with Crippen molar-refractivity contribution in [2.24, 2.45) is 5.92 Å². The maximum atomic E-state index is 3.73. The largest absolute Gasteiger partial charge is 0.314 e. The van der Waals surface area contributed by atoms with Gasteiger partial charge in [0, 0.05) is 15.8 Å². The van der Waals surface area contributed by atoms with Gasteiger partial charge in [-0.15, -0.1) is 11.3 Å². The van der Waals surface area contributed by atoms with Crippen LogP contribution in [0.2, 0.25) is 0 Å². The zero-order valence-electron chi connectivity index (χ0n) is 11.2. The van der Waals surface area contributed by atoms with Crippen molar-refractivity contribution in [1.82, 2.24) is 5.32 Å². The molecule has 1 unspecified atom stereocenters. The Morgan fingerprint density at radius 2 is 2.06 bits per heavy atom. The highest BCUT2D eigenvalue weighted by atomic mass is 32.1. The summed E-state index contributed by atoms with van der Waals surface area (Å²) in [5.41, 5.74) is 0. The van der Waals surface area contributed by atoms with E-state index in [9.17, 15) is 0 Å². The molecule has 2 heteroatoms. The summed E-state index contributed by atoms with van der Waals surface area (Å²) in [7, 11) is 0. The standard InChI is InChI=1S/C15H25NS/c1-3-11-16-15(12-5-6-12)10-9-14-8-7-13(4-2)17-14/h7-8,12,15-16H,3-6,9-11H2,1-2H3. The third-order valence-corrected chi connectivity index (χ3v) is 4.90. The van der Waals surface area contributed by atoms with Crippen LogP contribution in [0.25, 0.3) is 0 Å². The maximum absolute atomic E-state index is 3.73. The number of hydrogen-bond acceptors (Lipinski definition) is 2. The Kier molecular flexibility index (Phi) is 5.05. The zero-order chi connectivity index (χ0) is 12.1. The summed E-state index contributed by atoms with van der Waals surface area (Å²) in [6, 6.07) is 5.40. The Hall–Kier alpha value is -0.340. The van der Waals surface area contributed by atoms with Crippen LogP contribution < -0.4 is 5.32 Å². The van der Waals surface area contributed by atoms with Gasteiger partial charge >= 0.3 is 0 Å². The van der Waals surface area contributed by atoms with E-state index in [0.717, 1.165) is 12.0 Å². The minimum atomic E-state index is 0.780. The van der Waals surface area contributed by atoms with E-state index < -0.39 is 0 Å². The first-order valence-electron chi connectivity index (χ1n) is 7.14. The van der Waals surface area contributed by atoms with Crippen molar-refractivity contribution < 1.29 is 0 Å². The first-order valence-corrected chi connectivity index (χ1v) is 7.96. The van der Waals surface area contributed by atoms with Crippen LogP contribution in [0.15, 0.2) is 12.1 Å². The SMILES string of the molecule is CCCNC(CCc1ccc(CC)s1)C1CC1. The summed E-state index contributed by atoms with van der Waals surface area (Å²) < 4.78 is 0. The molecule has 0 radical (unpaired) electrons. The molecule has 1 aliphatic rings. The predicted molar refractivity (Wildman–Crippen MR) is 76.8 cm³/mol. The van der Waals surface area contributed by atoms with Gasteiger partial charge in [0.25, 0.3) is 0 Å². The van der Waals surface area contributed by atoms with Crippen LogP contribution in [0.4, 0.5) is 0 Å². The quantitative estimate of drug-likeness (QED) is 0.736. The van der Waals surface area contributed by atoms with Gasteiger partial charge in [-0.1, -0.05) is 13.8 Å². The second kappa shape index (κ2) is 6.55. The van der Waals surface area contributed by atoms with Crippen LogP contribution in [0.3, 0.4) is 0 Å². The molecule has 96 valence electrons. The first-order chi connectivity index (χ1) is 8.33. The van der Waals surface area contributed by atoms with E-state index in [2.05, 4.69) is 31.3 Å². The second-order valence-corrected chi connectivity index (χ2v) is 6.41. The molecule has 1 aromatic heterocycles. The van der Waals surface area contributed by atoms with Crippen LogP contribution in [0, 0.1) is 5.92 Å². The van der Waals surface area contributed by atoms with E-state index in [1.807, 2.05) is 11.3 Å². The zero-order valence-corrected chi connectivity index (χ0v) is 12.0. The molecule has 0 aliphatic heterocycles. The van der Waals surface area contributed by atoms with E-state index in [1.54, 1.807) is 4.88 Å². The summed E-state index contributed by atoms with van der Waals surface area (Å²) in [6.45, 7) is 5.68. The lowest BCUT2D eigenvalue weighted by atomic mass is 10.1. The highest BCUT2D eigenvalue weighted by Crippen LogP contribution is 2.34. The summed E-state index contributed by atoms with van der Waals surface area (Å²) in [5, 5.41) is 3.73. The molecule has 0 bridgehead atoms. The van der Waals surface area contributed by atoms with Crippen LogP contribution in [-0.2, 0) is 12.8 Å². The molecule has 17 heavy (non-hydrogen) atoms. The first kappa shape index (κ1) is 13.1. The van der Waals surface area contributed by atoms with Crippen molar-refractivity contribution >= 4 is 11.3 Å². The molecule has 0 aromatic carbocycles. The predicted octanol–water partition coefficient (Wildman–Crippen LogP) is 4.02. The van der Waals surface area contributed by atoms with Crippen molar-refractivity contribution in [3.8, 4) is 0 Å². The molecule has 0 spiro atoms. The van der Waals surface area contributed by atoms with Crippen molar-refractivity contribution in [2.45, 2.75) is 58.4 Å². The minimum Gasteiger partial charge on any atom is -0.314 e. The smallest absolute Gasteiger partial charge is 0.00987 e. The van der Waals surface area contributed by atoms with Crippen molar-refractivity contribution in [3.63, 3.8) is 0 Å². The lowest BCUT2D eigenvalue weighted by molar-refractivity contribution is 0.437. The Bertz CT molecular complexity index is 327. The number of aryl methyl sites for hydroxylation is 2. The van der Waals surface area contributed by atoms with Gasteiger partial charge in [0.2, 0.25) is 0 Å². The van der Waals surface area contributed by atoms with Crippen molar-refractivity contribution in [1.29, 1.82) is 0 Å². The van der Waals surface area contributed by atoms with E-state index in [0.29, 0.717) is 0 Å². The Balaban J connectivity index is 1.77. The van der Waals surface area contributed by atoms with E-state index in [1.165, 1.54) is 49.9 Å². The Morgan fingerprint density at radius 3 is 2.65 bits per heavy atom. The summed E-state index contributed by atoms with van der Waals surface area (Å²) >= 11 is 2.00. The molecule has 1 aliphatic carbocycles. The number of nitrogens with one attached hydrogen (secondary N) is 1. The molecule has 1 nitrogen and oxygen atoms in total. The molecule has 0 amide bonds. The summed E-state index contributed by atoms with van der Waals surface area (Å²) in [6.07, 6.45) is 7.93. The highest BCUT2D eigenvalue weighted by Gasteiger charge is 2.30. The number of rotatable bonds is 8. The lowest BCUT2D eigenvalue weighted by Crippen LogP contribution is -2.32. The van der Waals surface area contributed by atoms with Crippen molar-refractivity contribution in [2.75, 3.05) is 6.54 Å². The van der Waals surface area contributed by atoms with Gasteiger partial charge in [-0.25, -0.2) is 0 Å². The molecule has 1 saturated carbocycles. The van der Waals surface area contributed by atoms with Gasteiger partial charge in [-0.05, 0) is 63.1 Å².